The number of alkyl halides is 2. The first kappa shape index (κ1) is 7.35. The van der Waals surface area contributed by atoms with E-state index < -0.39 is 0 Å². The Hall–Kier alpha value is 0.690. The quantitative estimate of drug-likeness (QED) is 0.420. The average molecular weight is 252 g/mol. The second-order valence-electron chi connectivity index (χ2n) is 3.66. The Morgan fingerprint density at radius 2 is 2.30 bits per heavy atom. The molecule has 0 radical (unpaired) electrons. The number of nitrogens with one attached hydrogen (secondary N) is 1. The van der Waals surface area contributed by atoms with Gasteiger partial charge in [-0.25, -0.2) is 0 Å². The maximum absolute atomic E-state index is 3.70. The molecule has 2 saturated heterocycles. The summed E-state index contributed by atoms with van der Waals surface area (Å²) < 4.78 is 0.752. The Labute approximate surface area is 73.2 Å². The van der Waals surface area contributed by atoms with Crippen LogP contribution in [-0.2, 0) is 0 Å². The molecule has 3 unspecified atom stereocenters. The van der Waals surface area contributed by atoms with Crippen molar-refractivity contribution in [3.05, 3.63) is 0 Å². The summed E-state index contributed by atoms with van der Waals surface area (Å²) in [6, 6.07) is 1.80. The minimum atomic E-state index is 0.442. The molecule has 1 N–H and O–H groups in total. The Balaban J connectivity index is 2.14. The number of hydrogen-bond donors (Lipinski definition) is 1. The summed E-state index contributed by atoms with van der Waals surface area (Å²) in [5.74, 6) is 0. The molecule has 2 aliphatic heterocycles. The molecule has 2 fully saturated rings. The van der Waals surface area contributed by atoms with E-state index in [-0.39, 0.29) is 0 Å². The van der Waals surface area contributed by atoms with Crippen LogP contribution in [0.1, 0.15) is 26.2 Å². The Morgan fingerprint density at radius 3 is 2.60 bits per heavy atom. The van der Waals surface area contributed by atoms with Gasteiger partial charge < -0.3 is 0 Å². The van der Waals surface area contributed by atoms with Crippen molar-refractivity contribution in [1.82, 2.24) is 5.32 Å². The van der Waals surface area contributed by atoms with Crippen LogP contribution in [0.15, 0.2) is 0 Å². The molecule has 3 atom stereocenters. The molecule has 0 spiro atoms. The van der Waals surface area contributed by atoms with E-state index in [2.05, 4.69) is 17.2 Å². The average Bonchev–Trinajstić information content (AvgIpc) is 2.46. The molecule has 0 aliphatic carbocycles. The SMILES string of the molecule is C[I-]C1(C)CC2CCC1N2. The maximum atomic E-state index is 3.70. The van der Waals surface area contributed by atoms with Crippen LogP contribution in [-0.4, -0.2) is 20.4 Å². The van der Waals surface area contributed by atoms with Crippen molar-refractivity contribution in [1.29, 1.82) is 0 Å². The van der Waals surface area contributed by atoms with Gasteiger partial charge in [-0.05, 0) is 0 Å². The monoisotopic (exact) mass is 252 g/mol. The molecule has 2 rings (SSSR count). The third kappa shape index (κ3) is 0.916. The molecule has 2 bridgehead atoms. The number of fused-ring (bicyclic) bond motifs is 2. The first-order valence-corrected chi connectivity index (χ1v) is 7.25. The summed E-state index contributed by atoms with van der Waals surface area (Å²) in [7, 11) is 0. The predicted octanol–water partition coefficient (Wildman–Crippen LogP) is -2.01. The van der Waals surface area contributed by atoms with Gasteiger partial charge in [0.15, 0.2) is 0 Å². The van der Waals surface area contributed by atoms with Crippen LogP contribution in [0, 0.1) is 0 Å². The molecular weight excluding hydrogens is 237 g/mol. The van der Waals surface area contributed by atoms with Gasteiger partial charge in [0.25, 0.3) is 0 Å². The van der Waals surface area contributed by atoms with Crippen LogP contribution < -0.4 is 26.5 Å². The van der Waals surface area contributed by atoms with E-state index in [1.165, 1.54) is 19.3 Å². The number of halogens is 1. The van der Waals surface area contributed by atoms with E-state index >= 15 is 0 Å². The van der Waals surface area contributed by atoms with E-state index in [1.54, 1.807) is 0 Å². The molecule has 2 heterocycles. The normalized spacial score (nSPS) is 52.6. The predicted molar refractivity (Wildman–Crippen MR) is 38.9 cm³/mol. The van der Waals surface area contributed by atoms with Gasteiger partial charge in [-0.1, -0.05) is 0 Å². The third-order valence-corrected chi connectivity index (χ3v) is 6.70. The molecule has 0 aromatic carbocycles. The zero-order valence-corrected chi connectivity index (χ0v) is 8.81. The molecule has 10 heavy (non-hydrogen) atoms. The van der Waals surface area contributed by atoms with Gasteiger partial charge in [-0.3, -0.25) is 0 Å². The Morgan fingerprint density at radius 1 is 1.50 bits per heavy atom. The Bertz CT molecular complexity index is 148. The first-order valence-electron chi connectivity index (χ1n) is 4.01. The first-order chi connectivity index (χ1) is 4.74. The van der Waals surface area contributed by atoms with Crippen LogP contribution in [0.4, 0.5) is 0 Å². The number of rotatable bonds is 1. The van der Waals surface area contributed by atoms with Gasteiger partial charge in [-0.15, -0.1) is 0 Å². The third-order valence-electron chi connectivity index (χ3n) is 3.04. The van der Waals surface area contributed by atoms with Crippen molar-refractivity contribution >= 4 is 0 Å². The van der Waals surface area contributed by atoms with Crippen LogP contribution in [0.25, 0.3) is 0 Å². The van der Waals surface area contributed by atoms with Gasteiger partial charge >= 0.3 is 73.1 Å². The van der Waals surface area contributed by atoms with Crippen molar-refractivity contribution in [2.24, 2.45) is 0 Å². The topological polar surface area (TPSA) is 12.0 Å². The van der Waals surface area contributed by atoms with Crippen molar-refractivity contribution in [2.45, 2.75) is 41.7 Å². The van der Waals surface area contributed by atoms with Gasteiger partial charge in [0.1, 0.15) is 0 Å². The summed E-state index contributed by atoms with van der Waals surface area (Å²) in [4.78, 5) is 2.43. The van der Waals surface area contributed by atoms with Gasteiger partial charge in [0, 0.05) is 0 Å². The van der Waals surface area contributed by atoms with Crippen molar-refractivity contribution in [3.8, 4) is 0 Å². The van der Waals surface area contributed by atoms with Crippen molar-refractivity contribution < 1.29 is 21.2 Å². The van der Waals surface area contributed by atoms with Gasteiger partial charge in [0.2, 0.25) is 0 Å². The summed E-state index contributed by atoms with van der Waals surface area (Å²) >= 11 is 0.442. The van der Waals surface area contributed by atoms with E-state index in [4.69, 9.17) is 0 Å². The molecule has 0 aromatic heterocycles. The molecular formula is C8H15IN-. The molecule has 0 aromatic rings. The summed E-state index contributed by atoms with van der Waals surface area (Å²) in [6.45, 7) is 2.48. The van der Waals surface area contributed by atoms with Crippen molar-refractivity contribution in [3.63, 3.8) is 0 Å². The fraction of sp³-hybridized carbons (Fsp3) is 1.00. The van der Waals surface area contributed by atoms with Crippen LogP contribution >= 0.6 is 0 Å². The van der Waals surface area contributed by atoms with Crippen LogP contribution in [0.2, 0.25) is 0 Å². The summed E-state index contributed by atoms with van der Waals surface area (Å²) in [5.41, 5.74) is 0. The van der Waals surface area contributed by atoms with E-state index in [9.17, 15) is 0 Å². The fourth-order valence-corrected chi connectivity index (χ4v) is 4.50. The second kappa shape index (κ2) is 2.34. The van der Waals surface area contributed by atoms with E-state index in [1.807, 2.05) is 0 Å². The molecule has 2 heteroatoms. The zero-order valence-electron chi connectivity index (χ0n) is 6.65. The molecule has 0 amide bonds. The molecule has 1 nitrogen and oxygen atoms in total. The van der Waals surface area contributed by atoms with Gasteiger partial charge in [-0.2, -0.15) is 0 Å². The molecule has 0 saturated carbocycles. The van der Waals surface area contributed by atoms with E-state index in [0.717, 1.165) is 15.5 Å². The standard InChI is InChI=1S/C8H15IN/c1-8(9-2)5-6-3-4-7(8)10-6/h6-7,10H,3-5H2,1-2H3/q-1. The Kier molecular flexibility index (Phi) is 1.72. The molecule has 60 valence electrons. The van der Waals surface area contributed by atoms with Crippen LogP contribution in [0.3, 0.4) is 0 Å². The fourth-order valence-electron chi connectivity index (χ4n) is 2.29. The summed E-state index contributed by atoms with van der Waals surface area (Å²) in [6.07, 6.45) is 4.38. The second-order valence-corrected chi connectivity index (χ2v) is 7.21. The van der Waals surface area contributed by atoms with Gasteiger partial charge in [0.05, 0.1) is 0 Å². The minimum absolute atomic E-state index is 0.442. The molecule has 2 aliphatic rings. The van der Waals surface area contributed by atoms with Crippen molar-refractivity contribution in [2.75, 3.05) is 4.93 Å². The zero-order chi connectivity index (χ0) is 7.19. The van der Waals surface area contributed by atoms with Crippen LogP contribution in [0.5, 0.6) is 0 Å². The van der Waals surface area contributed by atoms with E-state index in [0.29, 0.717) is 21.2 Å². The summed E-state index contributed by atoms with van der Waals surface area (Å²) in [5, 5.41) is 3.70. The number of hydrogen-bond acceptors (Lipinski definition) is 1.